The molecule has 1 atom stereocenters. The van der Waals surface area contributed by atoms with Gasteiger partial charge in [0.15, 0.2) is 0 Å². The number of rotatable bonds is 8. The summed E-state index contributed by atoms with van der Waals surface area (Å²) >= 11 is 0. The van der Waals surface area contributed by atoms with E-state index in [4.69, 9.17) is 5.26 Å². The molecule has 0 radical (unpaired) electrons. The molecule has 0 aromatic carbocycles. The van der Waals surface area contributed by atoms with Crippen LogP contribution >= 0.6 is 0 Å². The van der Waals surface area contributed by atoms with Gasteiger partial charge in [-0.05, 0) is 29.6 Å². The number of hydrogen-bond donors (Lipinski definition) is 0. The van der Waals surface area contributed by atoms with E-state index in [1.54, 1.807) is 12.2 Å². The van der Waals surface area contributed by atoms with Crippen molar-refractivity contribution in [1.29, 1.82) is 5.26 Å². The van der Waals surface area contributed by atoms with Crippen LogP contribution in [0.2, 0.25) is 0 Å². The third kappa shape index (κ3) is 7.78. The highest BCUT2D eigenvalue weighted by atomic mass is 14.2. The molecule has 0 aromatic heterocycles. The maximum Gasteiger partial charge on any atom is 0.0985 e. The van der Waals surface area contributed by atoms with E-state index in [2.05, 4.69) is 40.2 Å². The lowest BCUT2D eigenvalue weighted by Gasteiger charge is -2.07. The first kappa shape index (κ1) is 16.9. The van der Waals surface area contributed by atoms with Crippen molar-refractivity contribution in [3.8, 4) is 6.07 Å². The predicted octanol–water partition coefficient (Wildman–Crippen LogP) is 5.28. The zero-order valence-electron chi connectivity index (χ0n) is 12.1. The predicted molar refractivity (Wildman–Crippen MR) is 84.5 cm³/mol. The van der Waals surface area contributed by atoms with E-state index in [0.29, 0.717) is 11.5 Å². The fourth-order valence-electron chi connectivity index (χ4n) is 1.33. The molecular weight excluding hydrogens is 230 g/mol. The molecule has 0 aromatic rings. The van der Waals surface area contributed by atoms with Gasteiger partial charge in [-0.15, -0.1) is 0 Å². The monoisotopic (exact) mass is 253 g/mol. The van der Waals surface area contributed by atoms with Gasteiger partial charge >= 0.3 is 0 Å². The van der Waals surface area contributed by atoms with Crippen LogP contribution in [0.15, 0.2) is 72.9 Å². The molecule has 0 amide bonds. The third-order valence-corrected chi connectivity index (χ3v) is 2.87. The summed E-state index contributed by atoms with van der Waals surface area (Å²) in [7, 11) is 0. The van der Waals surface area contributed by atoms with Gasteiger partial charge in [0.05, 0.1) is 6.07 Å². The van der Waals surface area contributed by atoms with Crippen molar-refractivity contribution in [3.63, 3.8) is 0 Å². The van der Waals surface area contributed by atoms with Crippen LogP contribution in [0, 0.1) is 17.2 Å². The van der Waals surface area contributed by atoms with Gasteiger partial charge in [-0.25, -0.2) is 0 Å². The van der Waals surface area contributed by atoms with Gasteiger partial charge in [-0.3, -0.25) is 0 Å². The molecule has 0 rings (SSSR count). The molecule has 0 saturated heterocycles. The van der Waals surface area contributed by atoms with Crippen molar-refractivity contribution >= 4 is 0 Å². The van der Waals surface area contributed by atoms with Crippen molar-refractivity contribution < 1.29 is 0 Å². The van der Waals surface area contributed by atoms with Crippen LogP contribution < -0.4 is 0 Å². The molecule has 0 fully saturated rings. The number of nitriles is 1. The highest BCUT2D eigenvalue weighted by Gasteiger charge is 1.99. The van der Waals surface area contributed by atoms with Crippen LogP contribution in [0.4, 0.5) is 0 Å². The maximum atomic E-state index is 8.59. The van der Waals surface area contributed by atoms with E-state index in [9.17, 15) is 0 Å². The molecule has 0 N–H and O–H groups in total. The fraction of sp³-hybridized carbons (Fsp3) is 0.278. The van der Waals surface area contributed by atoms with E-state index in [-0.39, 0.29) is 0 Å². The Hall–Kier alpha value is -2.07. The van der Waals surface area contributed by atoms with E-state index in [1.165, 1.54) is 0 Å². The molecule has 0 aliphatic heterocycles. The zero-order valence-corrected chi connectivity index (χ0v) is 12.1. The van der Waals surface area contributed by atoms with Crippen LogP contribution in [-0.4, -0.2) is 0 Å². The molecule has 1 heteroatoms. The summed E-state index contributed by atoms with van der Waals surface area (Å²) in [5.74, 6) is 0.646. The lowest BCUT2D eigenvalue weighted by molar-refractivity contribution is 0.563. The first-order valence-corrected chi connectivity index (χ1v) is 6.41. The second-order valence-corrected chi connectivity index (χ2v) is 4.73. The lowest BCUT2D eigenvalue weighted by atomic mass is 9.98. The number of hydrogen-bond acceptors (Lipinski definition) is 1. The largest absolute Gasteiger partial charge is 0.192 e. The van der Waals surface area contributed by atoms with Crippen molar-refractivity contribution in [1.82, 2.24) is 0 Å². The van der Waals surface area contributed by atoms with Gasteiger partial charge in [0.25, 0.3) is 0 Å². The Bertz CT molecular complexity index is 466. The molecule has 1 nitrogen and oxygen atoms in total. The highest BCUT2D eigenvalue weighted by molar-refractivity contribution is 5.46. The molecule has 0 bridgehead atoms. The van der Waals surface area contributed by atoms with E-state index < -0.39 is 0 Å². The van der Waals surface area contributed by atoms with Gasteiger partial charge in [0.1, 0.15) is 0 Å². The average Bonchev–Trinajstić information content (AvgIpc) is 2.41. The third-order valence-electron chi connectivity index (χ3n) is 2.87. The minimum absolute atomic E-state index is 0.402. The van der Waals surface area contributed by atoms with Gasteiger partial charge in [-0.2, -0.15) is 5.26 Å². The molecule has 0 heterocycles. The van der Waals surface area contributed by atoms with Gasteiger partial charge in [-0.1, -0.05) is 70.4 Å². The summed E-state index contributed by atoms with van der Waals surface area (Å²) in [6.45, 7) is 19.8. The van der Waals surface area contributed by atoms with E-state index >= 15 is 0 Å². The molecular formula is C18H23N. The van der Waals surface area contributed by atoms with Crippen molar-refractivity contribution in [2.24, 2.45) is 5.92 Å². The summed E-state index contributed by atoms with van der Waals surface area (Å²) in [6.07, 6.45) is 9.41. The summed E-state index contributed by atoms with van der Waals surface area (Å²) in [4.78, 5) is 0. The Labute approximate surface area is 117 Å². The summed E-state index contributed by atoms with van der Waals surface area (Å²) in [5, 5.41) is 8.59. The Balaban J connectivity index is 4.42. The van der Waals surface area contributed by atoms with Gasteiger partial charge in [0, 0.05) is 5.57 Å². The molecule has 1 unspecified atom stereocenters. The standard InChI is InChI=1S/C18H23N/c1-7-14(2)12-15(3)8-10-17(5)18(6)11-9-16(4)13-19/h8-11,14H,3-7,12H2,1-2H3/b10-8-,11-9-. The molecule has 0 aliphatic carbocycles. The topological polar surface area (TPSA) is 23.8 Å². The van der Waals surface area contributed by atoms with Crippen LogP contribution in [0.3, 0.4) is 0 Å². The normalized spacial score (nSPS) is 12.3. The Kier molecular flexibility index (Phi) is 7.97. The van der Waals surface area contributed by atoms with E-state index in [1.807, 2.05) is 18.2 Å². The van der Waals surface area contributed by atoms with Crippen LogP contribution in [0.5, 0.6) is 0 Å². The van der Waals surface area contributed by atoms with Crippen molar-refractivity contribution in [2.45, 2.75) is 26.7 Å². The number of allylic oxidation sites excluding steroid dienone is 8. The van der Waals surface area contributed by atoms with Crippen molar-refractivity contribution in [3.05, 3.63) is 72.9 Å². The summed E-state index contributed by atoms with van der Waals surface area (Å²) in [5.41, 5.74) is 3.07. The van der Waals surface area contributed by atoms with Crippen LogP contribution in [0.1, 0.15) is 26.7 Å². The molecule has 0 spiro atoms. The summed E-state index contributed by atoms with van der Waals surface area (Å²) < 4.78 is 0. The average molecular weight is 253 g/mol. The lowest BCUT2D eigenvalue weighted by Crippen LogP contribution is -1.92. The van der Waals surface area contributed by atoms with Crippen molar-refractivity contribution in [2.75, 3.05) is 0 Å². The first-order chi connectivity index (χ1) is 8.90. The fourth-order valence-corrected chi connectivity index (χ4v) is 1.33. The Morgan fingerprint density at radius 3 is 2.05 bits per heavy atom. The maximum absolute atomic E-state index is 8.59. The minimum atomic E-state index is 0.402. The molecule has 0 aliphatic rings. The zero-order chi connectivity index (χ0) is 14.8. The second kappa shape index (κ2) is 8.94. The molecule has 100 valence electrons. The van der Waals surface area contributed by atoms with Crippen LogP contribution in [-0.2, 0) is 0 Å². The Morgan fingerprint density at radius 1 is 1.05 bits per heavy atom. The molecule has 19 heavy (non-hydrogen) atoms. The smallest absolute Gasteiger partial charge is 0.0985 e. The Morgan fingerprint density at radius 2 is 1.58 bits per heavy atom. The minimum Gasteiger partial charge on any atom is -0.192 e. The first-order valence-electron chi connectivity index (χ1n) is 6.41. The highest BCUT2D eigenvalue weighted by Crippen LogP contribution is 2.16. The quantitative estimate of drug-likeness (QED) is 0.426. The van der Waals surface area contributed by atoms with Crippen LogP contribution in [0.25, 0.3) is 0 Å². The summed E-state index contributed by atoms with van der Waals surface area (Å²) in [6, 6.07) is 1.95. The van der Waals surface area contributed by atoms with Gasteiger partial charge < -0.3 is 0 Å². The molecule has 0 saturated carbocycles. The van der Waals surface area contributed by atoms with E-state index in [0.717, 1.165) is 29.6 Å². The number of nitrogens with zero attached hydrogens (tertiary/aromatic N) is 1. The second-order valence-electron chi connectivity index (χ2n) is 4.73. The SMILES string of the molecule is C=C(C#N)/C=C\C(=C)C(=C)/C=C\C(=C)CC(C)CC. The van der Waals surface area contributed by atoms with Gasteiger partial charge in [0.2, 0.25) is 0 Å².